The predicted molar refractivity (Wildman–Crippen MR) is 67.0 cm³/mol. The lowest BCUT2D eigenvalue weighted by atomic mass is 10.2. The molecule has 0 aliphatic heterocycles. The quantitative estimate of drug-likeness (QED) is 0.906. The summed E-state index contributed by atoms with van der Waals surface area (Å²) in [5, 5.41) is 6.54. The van der Waals surface area contributed by atoms with Crippen LogP contribution in [-0.4, -0.2) is 15.7 Å². The van der Waals surface area contributed by atoms with Gasteiger partial charge in [0.15, 0.2) is 0 Å². The van der Waals surface area contributed by atoms with Crippen molar-refractivity contribution in [1.29, 1.82) is 0 Å². The molecule has 0 spiro atoms. The van der Waals surface area contributed by atoms with Crippen LogP contribution in [0.1, 0.15) is 22.8 Å². The topological polar surface area (TPSA) is 46.9 Å². The molecule has 2 rings (SSSR count). The number of anilines is 1. The third-order valence-electron chi connectivity index (χ3n) is 2.59. The smallest absolute Gasteiger partial charge is 0.258 e. The summed E-state index contributed by atoms with van der Waals surface area (Å²) >= 11 is 0. The Morgan fingerprint density at radius 1 is 1.50 bits per heavy atom. The van der Waals surface area contributed by atoms with E-state index in [0.717, 1.165) is 5.56 Å². The van der Waals surface area contributed by atoms with Crippen LogP contribution in [0.25, 0.3) is 0 Å². The molecule has 1 amide bonds. The van der Waals surface area contributed by atoms with E-state index in [4.69, 9.17) is 0 Å². The number of rotatable bonds is 3. The molecule has 18 heavy (non-hydrogen) atoms. The molecule has 0 saturated carbocycles. The van der Waals surface area contributed by atoms with Crippen molar-refractivity contribution in [3.05, 3.63) is 47.5 Å². The van der Waals surface area contributed by atoms with Crippen LogP contribution in [0, 0.1) is 12.7 Å². The lowest BCUT2D eigenvalue weighted by Crippen LogP contribution is -2.12. The van der Waals surface area contributed by atoms with Crippen molar-refractivity contribution in [2.45, 2.75) is 20.4 Å². The molecular formula is C13H14FN3O. The lowest BCUT2D eigenvalue weighted by molar-refractivity contribution is 0.102. The highest BCUT2D eigenvalue weighted by atomic mass is 19.1. The van der Waals surface area contributed by atoms with E-state index >= 15 is 0 Å². The molecule has 0 radical (unpaired) electrons. The largest absolute Gasteiger partial charge is 0.319 e. The normalized spacial score (nSPS) is 10.4. The van der Waals surface area contributed by atoms with Crippen LogP contribution in [0.15, 0.2) is 30.6 Å². The van der Waals surface area contributed by atoms with Crippen molar-refractivity contribution >= 4 is 11.6 Å². The summed E-state index contributed by atoms with van der Waals surface area (Å²) in [6, 6.07) is 4.58. The van der Waals surface area contributed by atoms with Gasteiger partial charge in [-0.05, 0) is 31.5 Å². The molecule has 0 atom stereocenters. The third-order valence-corrected chi connectivity index (χ3v) is 2.59. The van der Waals surface area contributed by atoms with Gasteiger partial charge in [0.2, 0.25) is 0 Å². The minimum atomic E-state index is -0.447. The summed E-state index contributed by atoms with van der Waals surface area (Å²) in [4.78, 5) is 11.9. The lowest BCUT2D eigenvalue weighted by Gasteiger charge is -2.05. The zero-order valence-corrected chi connectivity index (χ0v) is 10.3. The van der Waals surface area contributed by atoms with Gasteiger partial charge in [-0.25, -0.2) is 4.39 Å². The first-order chi connectivity index (χ1) is 8.60. The van der Waals surface area contributed by atoms with Crippen molar-refractivity contribution in [3.63, 3.8) is 0 Å². The SMILES string of the molecule is CCn1cc(C(=O)Nc2cc(C)ccc2F)cn1. The summed E-state index contributed by atoms with van der Waals surface area (Å²) in [7, 11) is 0. The Balaban J connectivity index is 2.18. The molecule has 2 aromatic rings. The zero-order chi connectivity index (χ0) is 13.1. The van der Waals surface area contributed by atoms with Gasteiger partial charge in [0.1, 0.15) is 5.82 Å². The number of amides is 1. The fourth-order valence-corrected chi connectivity index (χ4v) is 1.58. The molecule has 94 valence electrons. The number of nitrogens with one attached hydrogen (secondary N) is 1. The highest BCUT2D eigenvalue weighted by molar-refractivity contribution is 6.04. The molecule has 0 unspecified atom stereocenters. The Kier molecular flexibility index (Phi) is 3.41. The number of hydrogen-bond acceptors (Lipinski definition) is 2. The van der Waals surface area contributed by atoms with E-state index < -0.39 is 5.82 Å². The first-order valence-corrected chi connectivity index (χ1v) is 5.70. The monoisotopic (exact) mass is 247 g/mol. The van der Waals surface area contributed by atoms with Gasteiger partial charge in [-0.1, -0.05) is 6.07 Å². The molecule has 5 heteroatoms. The number of hydrogen-bond donors (Lipinski definition) is 1. The van der Waals surface area contributed by atoms with Gasteiger partial charge in [0, 0.05) is 12.7 Å². The van der Waals surface area contributed by atoms with Crippen LogP contribution >= 0.6 is 0 Å². The van der Waals surface area contributed by atoms with E-state index in [1.54, 1.807) is 23.0 Å². The summed E-state index contributed by atoms with van der Waals surface area (Å²) in [5.74, 6) is -0.809. The van der Waals surface area contributed by atoms with E-state index in [2.05, 4.69) is 10.4 Å². The maximum Gasteiger partial charge on any atom is 0.258 e. The summed E-state index contributed by atoms with van der Waals surface area (Å²) < 4.78 is 15.1. The Morgan fingerprint density at radius 3 is 2.94 bits per heavy atom. The summed E-state index contributed by atoms with van der Waals surface area (Å²) in [6.45, 7) is 4.45. The number of carbonyl (C=O) groups is 1. The number of nitrogens with zero attached hydrogens (tertiary/aromatic N) is 2. The van der Waals surface area contributed by atoms with Crippen molar-refractivity contribution in [3.8, 4) is 0 Å². The third kappa shape index (κ3) is 2.56. The van der Waals surface area contributed by atoms with Gasteiger partial charge >= 0.3 is 0 Å². The maximum atomic E-state index is 13.5. The number of carbonyl (C=O) groups excluding carboxylic acids is 1. The predicted octanol–water partition coefficient (Wildman–Crippen LogP) is 2.60. The molecule has 1 heterocycles. The van der Waals surface area contributed by atoms with E-state index in [1.165, 1.54) is 12.3 Å². The molecule has 0 aliphatic carbocycles. The van der Waals surface area contributed by atoms with E-state index in [9.17, 15) is 9.18 Å². The Bertz CT molecular complexity index is 577. The van der Waals surface area contributed by atoms with Crippen molar-refractivity contribution in [2.75, 3.05) is 5.32 Å². The minimum absolute atomic E-state index is 0.184. The Morgan fingerprint density at radius 2 is 2.28 bits per heavy atom. The van der Waals surface area contributed by atoms with Crippen LogP contribution in [0.3, 0.4) is 0 Å². The molecule has 4 nitrogen and oxygen atoms in total. The molecule has 0 fully saturated rings. The number of halogens is 1. The summed E-state index contributed by atoms with van der Waals surface area (Å²) in [5.41, 5.74) is 1.48. The van der Waals surface area contributed by atoms with E-state index in [1.807, 2.05) is 13.8 Å². The number of aromatic nitrogens is 2. The van der Waals surface area contributed by atoms with Crippen molar-refractivity contribution < 1.29 is 9.18 Å². The average Bonchev–Trinajstić information content (AvgIpc) is 2.82. The maximum absolute atomic E-state index is 13.5. The van der Waals surface area contributed by atoms with Gasteiger partial charge in [-0.2, -0.15) is 5.10 Å². The molecule has 1 aromatic heterocycles. The second-order valence-electron chi connectivity index (χ2n) is 4.02. The molecule has 0 saturated heterocycles. The van der Waals surface area contributed by atoms with Gasteiger partial charge < -0.3 is 5.32 Å². The van der Waals surface area contributed by atoms with Crippen molar-refractivity contribution in [1.82, 2.24) is 9.78 Å². The van der Waals surface area contributed by atoms with Gasteiger partial charge in [0.05, 0.1) is 17.4 Å². The van der Waals surface area contributed by atoms with E-state index in [-0.39, 0.29) is 11.6 Å². The highest BCUT2D eigenvalue weighted by Gasteiger charge is 2.11. The minimum Gasteiger partial charge on any atom is -0.319 e. The van der Waals surface area contributed by atoms with Gasteiger partial charge in [0.25, 0.3) is 5.91 Å². The highest BCUT2D eigenvalue weighted by Crippen LogP contribution is 2.16. The van der Waals surface area contributed by atoms with Gasteiger partial charge in [-0.15, -0.1) is 0 Å². The van der Waals surface area contributed by atoms with Crippen LogP contribution in [0.5, 0.6) is 0 Å². The molecular weight excluding hydrogens is 233 g/mol. The van der Waals surface area contributed by atoms with Crippen LogP contribution < -0.4 is 5.32 Å². The Labute approximate surface area is 104 Å². The van der Waals surface area contributed by atoms with Gasteiger partial charge in [-0.3, -0.25) is 9.48 Å². The first-order valence-electron chi connectivity index (χ1n) is 5.70. The number of benzene rings is 1. The molecule has 1 N–H and O–H groups in total. The van der Waals surface area contributed by atoms with Crippen LogP contribution in [0.2, 0.25) is 0 Å². The fourth-order valence-electron chi connectivity index (χ4n) is 1.58. The standard InChI is InChI=1S/C13H14FN3O/c1-3-17-8-10(7-15-17)13(18)16-12-6-9(2)4-5-11(12)14/h4-8H,3H2,1-2H3,(H,16,18). The second-order valence-corrected chi connectivity index (χ2v) is 4.02. The fraction of sp³-hybridized carbons (Fsp3) is 0.231. The second kappa shape index (κ2) is 5.00. The van der Waals surface area contributed by atoms with Crippen molar-refractivity contribution in [2.24, 2.45) is 0 Å². The average molecular weight is 247 g/mol. The molecule has 1 aromatic carbocycles. The Hall–Kier alpha value is -2.17. The van der Waals surface area contributed by atoms with E-state index in [0.29, 0.717) is 12.1 Å². The number of aryl methyl sites for hydroxylation is 2. The van der Waals surface area contributed by atoms with Crippen LogP contribution in [0.4, 0.5) is 10.1 Å². The molecule has 0 bridgehead atoms. The van der Waals surface area contributed by atoms with Crippen LogP contribution in [-0.2, 0) is 6.54 Å². The molecule has 0 aliphatic rings. The summed E-state index contributed by atoms with van der Waals surface area (Å²) in [6.07, 6.45) is 3.09. The zero-order valence-electron chi connectivity index (χ0n) is 10.3. The first kappa shape index (κ1) is 12.3.